The highest BCUT2D eigenvalue weighted by Gasteiger charge is 2.09. The molecular formula is C21H19BrN4O2. The van der Waals surface area contributed by atoms with Crippen molar-refractivity contribution in [3.05, 3.63) is 94.2 Å². The number of aromatic hydroxyl groups is 1. The second kappa shape index (κ2) is 9.14. The summed E-state index contributed by atoms with van der Waals surface area (Å²) in [6, 6.07) is 14.9. The molecule has 0 atom stereocenters. The molecule has 3 rings (SSSR count). The van der Waals surface area contributed by atoms with Crippen LogP contribution in [0.3, 0.4) is 0 Å². The molecule has 0 spiro atoms. The van der Waals surface area contributed by atoms with E-state index in [4.69, 9.17) is 0 Å². The average molecular weight is 439 g/mol. The molecule has 1 amide bonds. The number of benzene rings is 2. The van der Waals surface area contributed by atoms with Gasteiger partial charge in [-0.05, 0) is 41.8 Å². The first-order valence-corrected chi connectivity index (χ1v) is 9.39. The van der Waals surface area contributed by atoms with Crippen molar-refractivity contribution in [3.63, 3.8) is 0 Å². The number of nitrogens with one attached hydrogen (secondary N) is 1. The number of nitrogens with zero attached hydrogens (tertiary/aromatic N) is 3. The van der Waals surface area contributed by atoms with E-state index < -0.39 is 5.91 Å². The lowest BCUT2D eigenvalue weighted by Gasteiger charge is -2.04. The molecule has 3 aromatic rings. The minimum absolute atomic E-state index is 0.124. The molecule has 0 saturated heterocycles. The van der Waals surface area contributed by atoms with Crippen LogP contribution < -0.4 is 5.43 Å². The molecule has 0 bridgehead atoms. The van der Waals surface area contributed by atoms with Crippen LogP contribution >= 0.6 is 15.9 Å². The molecule has 28 heavy (non-hydrogen) atoms. The topological polar surface area (TPSA) is 79.5 Å². The zero-order valence-corrected chi connectivity index (χ0v) is 16.6. The van der Waals surface area contributed by atoms with E-state index in [1.54, 1.807) is 29.1 Å². The Balaban J connectivity index is 1.62. The van der Waals surface area contributed by atoms with Gasteiger partial charge in [-0.2, -0.15) is 10.2 Å². The second-order valence-electron chi connectivity index (χ2n) is 6.07. The Morgan fingerprint density at radius 1 is 1.25 bits per heavy atom. The van der Waals surface area contributed by atoms with Gasteiger partial charge in [0.15, 0.2) is 5.69 Å². The molecule has 6 nitrogen and oxygen atoms in total. The second-order valence-corrected chi connectivity index (χ2v) is 6.99. The summed E-state index contributed by atoms with van der Waals surface area (Å²) in [4.78, 5) is 12.2. The van der Waals surface area contributed by atoms with Crippen molar-refractivity contribution in [2.24, 2.45) is 5.10 Å². The number of rotatable bonds is 7. The summed E-state index contributed by atoms with van der Waals surface area (Å²) in [6.07, 6.45) is 5.40. The van der Waals surface area contributed by atoms with Gasteiger partial charge in [-0.1, -0.05) is 46.3 Å². The normalized spacial score (nSPS) is 10.9. The predicted octanol–water partition coefficient (Wildman–Crippen LogP) is 3.89. The maximum absolute atomic E-state index is 12.2. The number of phenolic OH excluding ortho intramolecular Hbond substituents is 1. The van der Waals surface area contributed by atoms with E-state index in [9.17, 15) is 9.90 Å². The fourth-order valence-electron chi connectivity index (χ4n) is 2.60. The first-order valence-electron chi connectivity index (χ1n) is 8.60. The summed E-state index contributed by atoms with van der Waals surface area (Å²) >= 11 is 3.40. The molecule has 142 valence electrons. The molecular weight excluding hydrogens is 420 g/mol. The fraction of sp³-hybridized carbons (Fsp3) is 0.0952. The van der Waals surface area contributed by atoms with E-state index in [1.807, 2.05) is 36.4 Å². The molecule has 0 aliphatic rings. The van der Waals surface area contributed by atoms with Crippen molar-refractivity contribution in [2.75, 3.05) is 0 Å². The van der Waals surface area contributed by atoms with Crippen molar-refractivity contribution in [1.82, 2.24) is 15.2 Å². The fourth-order valence-corrected chi connectivity index (χ4v) is 2.87. The Hall–Kier alpha value is -3.19. The van der Waals surface area contributed by atoms with Gasteiger partial charge >= 0.3 is 0 Å². The van der Waals surface area contributed by atoms with Crippen molar-refractivity contribution in [1.29, 1.82) is 0 Å². The number of hydrogen-bond donors (Lipinski definition) is 2. The minimum Gasteiger partial charge on any atom is -0.507 e. The smallest absolute Gasteiger partial charge is 0.291 e. The number of carbonyl (C=O) groups excluding carboxylic acids is 1. The summed E-state index contributed by atoms with van der Waals surface area (Å²) in [5.74, 6) is -0.299. The number of amides is 1. The van der Waals surface area contributed by atoms with Crippen molar-refractivity contribution in [2.45, 2.75) is 13.0 Å². The molecule has 0 fully saturated rings. The number of hydrogen-bond acceptors (Lipinski definition) is 4. The largest absolute Gasteiger partial charge is 0.507 e. The Labute approximate surface area is 171 Å². The molecule has 0 radical (unpaired) electrons. The molecule has 7 heteroatoms. The van der Waals surface area contributed by atoms with Crippen LogP contribution in [-0.2, 0) is 13.0 Å². The van der Waals surface area contributed by atoms with Gasteiger partial charge in [-0.3, -0.25) is 9.48 Å². The SMILES string of the molecule is C=CCc1cccc(C=NNC(=O)c2ccn(Cc3ccc(Br)cc3)n2)c1O. The minimum atomic E-state index is -0.424. The Morgan fingerprint density at radius 3 is 2.79 bits per heavy atom. The summed E-state index contributed by atoms with van der Waals surface area (Å²) in [6.45, 7) is 4.23. The third kappa shape index (κ3) is 4.95. The molecule has 0 unspecified atom stereocenters. The zero-order chi connectivity index (χ0) is 19.9. The van der Waals surface area contributed by atoms with Crippen LogP contribution in [0, 0.1) is 0 Å². The highest BCUT2D eigenvalue weighted by molar-refractivity contribution is 9.10. The lowest BCUT2D eigenvalue weighted by Crippen LogP contribution is -2.18. The number of phenols is 1. The van der Waals surface area contributed by atoms with Crippen molar-refractivity contribution in [3.8, 4) is 5.75 Å². The molecule has 2 aromatic carbocycles. The van der Waals surface area contributed by atoms with Gasteiger partial charge in [0.05, 0.1) is 12.8 Å². The molecule has 1 heterocycles. The van der Waals surface area contributed by atoms with Crippen LogP contribution in [0.4, 0.5) is 0 Å². The van der Waals surface area contributed by atoms with E-state index in [0.717, 1.165) is 15.6 Å². The van der Waals surface area contributed by atoms with Crippen LogP contribution in [0.2, 0.25) is 0 Å². The van der Waals surface area contributed by atoms with Crippen molar-refractivity contribution >= 4 is 28.1 Å². The third-order valence-electron chi connectivity index (χ3n) is 4.02. The molecule has 0 aliphatic heterocycles. The quantitative estimate of drug-likeness (QED) is 0.333. The number of aromatic nitrogens is 2. The van der Waals surface area contributed by atoms with Gasteiger partial charge in [0, 0.05) is 16.2 Å². The third-order valence-corrected chi connectivity index (χ3v) is 4.54. The van der Waals surface area contributed by atoms with E-state index in [2.05, 4.69) is 38.1 Å². The molecule has 0 saturated carbocycles. The van der Waals surface area contributed by atoms with Gasteiger partial charge < -0.3 is 5.11 Å². The molecule has 1 aromatic heterocycles. The van der Waals surface area contributed by atoms with Gasteiger partial charge in [0.1, 0.15) is 5.75 Å². The van der Waals surface area contributed by atoms with Crippen molar-refractivity contribution < 1.29 is 9.90 Å². The zero-order valence-electron chi connectivity index (χ0n) is 15.0. The Kier molecular flexibility index (Phi) is 6.39. The summed E-state index contributed by atoms with van der Waals surface area (Å²) < 4.78 is 2.70. The van der Waals surface area contributed by atoms with Crippen LogP contribution in [0.5, 0.6) is 5.75 Å². The Bertz CT molecular complexity index is 1010. The highest BCUT2D eigenvalue weighted by atomic mass is 79.9. The maximum Gasteiger partial charge on any atom is 0.291 e. The summed E-state index contributed by atoms with van der Waals surface area (Å²) in [5.41, 5.74) is 5.03. The standard InChI is InChI=1S/C21H19BrN4O2/c1-2-4-16-5-3-6-17(20(16)27)13-23-24-21(28)19-11-12-26(25-19)14-15-7-9-18(22)10-8-15/h2-3,5-13,27H,1,4,14H2,(H,24,28). The van der Waals surface area contributed by atoms with Crippen LogP contribution in [0.25, 0.3) is 0 Å². The van der Waals surface area contributed by atoms with Crippen LogP contribution in [-0.4, -0.2) is 27.0 Å². The first-order chi connectivity index (χ1) is 13.6. The number of halogens is 1. The number of hydrazone groups is 1. The van der Waals surface area contributed by atoms with E-state index in [1.165, 1.54) is 6.21 Å². The molecule has 0 aliphatic carbocycles. The van der Waals surface area contributed by atoms with Gasteiger partial charge in [-0.15, -0.1) is 6.58 Å². The van der Waals surface area contributed by atoms with Gasteiger partial charge in [0.25, 0.3) is 5.91 Å². The first kappa shape index (κ1) is 19.6. The molecule has 2 N–H and O–H groups in total. The lowest BCUT2D eigenvalue weighted by atomic mass is 10.1. The number of allylic oxidation sites excluding steroid dienone is 1. The highest BCUT2D eigenvalue weighted by Crippen LogP contribution is 2.21. The predicted molar refractivity (Wildman–Crippen MR) is 113 cm³/mol. The monoisotopic (exact) mass is 438 g/mol. The van der Waals surface area contributed by atoms with E-state index in [0.29, 0.717) is 18.5 Å². The lowest BCUT2D eigenvalue weighted by molar-refractivity contribution is 0.0949. The van der Waals surface area contributed by atoms with E-state index >= 15 is 0 Å². The summed E-state index contributed by atoms with van der Waals surface area (Å²) in [7, 11) is 0. The number of para-hydroxylation sites is 1. The van der Waals surface area contributed by atoms with Gasteiger partial charge in [-0.25, -0.2) is 5.43 Å². The summed E-state index contributed by atoms with van der Waals surface area (Å²) in [5, 5.41) is 18.4. The maximum atomic E-state index is 12.2. The van der Waals surface area contributed by atoms with E-state index in [-0.39, 0.29) is 11.4 Å². The average Bonchev–Trinajstić information content (AvgIpc) is 3.15. The van der Waals surface area contributed by atoms with Gasteiger partial charge in [0.2, 0.25) is 0 Å². The van der Waals surface area contributed by atoms with Crippen LogP contribution in [0.1, 0.15) is 27.2 Å². The van der Waals surface area contributed by atoms with Crippen LogP contribution in [0.15, 0.2) is 77.0 Å². The number of carbonyl (C=O) groups is 1. The Morgan fingerprint density at radius 2 is 2.04 bits per heavy atom.